The first-order valence-electron chi connectivity index (χ1n) is 13.9. The van der Waals surface area contributed by atoms with Crippen LogP contribution in [0.2, 0.25) is 0 Å². The summed E-state index contributed by atoms with van der Waals surface area (Å²) in [6.45, 7) is 15.6. The van der Waals surface area contributed by atoms with E-state index in [1.54, 1.807) is 24.4 Å². The molecule has 1 N–H and O–H groups in total. The van der Waals surface area contributed by atoms with Gasteiger partial charge in [0.25, 0.3) is 0 Å². The van der Waals surface area contributed by atoms with Crippen molar-refractivity contribution in [2.24, 2.45) is 10.8 Å². The summed E-state index contributed by atoms with van der Waals surface area (Å²) in [5, 5.41) is 12.3. The minimum atomic E-state index is -4.38. The maximum Gasteiger partial charge on any atom is 0.417 e. The number of hydrogen-bond donors (Lipinski definition) is 1. The molecular weight excluding hydrogens is 716 g/mol. The fourth-order valence-electron chi connectivity index (χ4n) is 4.64. The number of allylic oxidation sites excluding steroid dienone is 2. The molecule has 3 nitrogen and oxygen atoms in total. The molecule has 0 aliphatic carbocycles. The van der Waals surface area contributed by atoms with Crippen molar-refractivity contribution < 1.29 is 43.2 Å². The van der Waals surface area contributed by atoms with Crippen LogP contribution in [0.5, 0.6) is 0 Å². The number of fused-ring (bicyclic) bond motifs is 3. The molecule has 0 saturated heterocycles. The van der Waals surface area contributed by atoms with Crippen LogP contribution in [0.15, 0.2) is 66.6 Å². The third-order valence-electron chi connectivity index (χ3n) is 7.70. The van der Waals surface area contributed by atoms with Crippen LogP contribution in [0.3, 0.4) is 0 Å². The number of carbonyl (C=O) groups excluding carboxylic acids is 1. The molecule has 0 aliphatic rings. The van der Waals surface area contributed by atoms with E-state index in [9.17, 15) is 23.1 Å². The van der Waals surface area contributed by atoms with Crippen LogP contribution >= 0.6 is 0 Å². The Kier molecular flexibility index (Phi) is 11.3. The molecule has 4 rings (SSSR count). The predicted octanol–water partition coefficient (Wildman–Crippen LogP) is 10.4. The number of aliphatic hydroxyl groups excluding tert-OH is 1. The van der Waals surface area contributed by atoms with Crippen LogP contribution in [0.1, 0.15) is 71.1 Å². The zero-order chi connectivity index (χ0) is 30.8. The van der Waals surface area contributed by atoms with Gasteiger partial charge in [0.05, 0.1) is 5.56 Å². The van der Waals surface area contributed by atoms with Crippen molar-refractivity contribution >= 4 is 27.3 Å². The molecule has 0 bridgehead atoms. The van der Waals surface area contributed by atoms with Crippen molar-refractivity contribution in [2.45, 2.75) is 74.4 Å². The Labute approximate surface area is 260 Å². The Morgan fingerprint density at radius 1 is 0.905 bits per heavy atom. The average Bonchev–Trinajstić information content (AvgIpc) is 2.90. The third kappa shape index (κ3) is 7.87. The second kappa shape index (κ2) is 13.5. The van der Waals surface area contributed by atoms with Gasteiger partial charge in [0.1, 0.15) is 5.76 Å². The zero-order valence-electron chi connectivity index (χ0n) is 25.5. The Balaban J connectivity index is 0.000000334. The van der Waals surface area contributed by atoms with E-state index in [0.29, 0.717) is 5.39 Å². The van der Waals surface area contributed by atoms with Gasteiger partial charge < -0.3 is 10.1 Å². The molecule has 0 atom stereocenters. The molecule has 0 spiro atoms. The number of benzene rings is 3. The summed E-state index contributed by atoms with van der Waals surface area (Å²) >= 11 is 0. The summed E-state index contributed by atoms with van der Waals surface area (Å²) < 4.78 is 40.0. The van der Waals surface area contributed by atoms with E-state index < -0.39 is 17.2 Å². The Hall–Kier alpha value is -3.02. The number of carbonyl (C=O) groups is 1. The van der Waals surface area contributed by atoms with Gasteiger partial charge in [-0.25, -0.2) is 0 Å². The van der Waals surface area contributed by atoms with Gasteiger partial charge >= 0.3 is 6.18 Å². The van der Waals surface area contributed by atoms with E-state index in [1.165, 1.54) is 18.2 Å². The number of alkyl halides is 3. The smallest absolute Gasteiger partial charge is 0.417 e. The van der Waals surface area contributed by atoms with E-state index in [1.807, 2.05) is 67.5 Å². The topological polar surface area (TPSA) is 50.2 Å². The normalized spacial score (nSPS) is 12.5. The van der Waals surface area contributed by atoms with Gasteiger partial charge in [-0.05, 0) is 52.2 Å². The van der Waals surface area contributed by atoms with Gasteiger partial charge in [0, 0.05) is 43.2 Å². The minimum absolute atomic E-state index is 0. The Morgan fingerprint density at radius 3 is 2.05 bits per heavy atom. The monoisotopic (exact) mass is 755 g/mol. The first-order valence-corrected chi connectivity index (χ1v) is 13.9. The van der Waals surface area contributed by atoms with E-state index in [-0.39, 0.29) is 42.4 Å². The first kappa shape index (κ1) is 35.2. The maximum absolute atomic E-state index is 13.3. The number of aliphatic hydroxyl groups is 1. The first-order chi connectivity index (χ1) is 19.0. The van der Waals surface area contributed by atoms with Crippen LogP contribution in [-0.4, -0.2) is 15.9 Å². The largest absolute Gasteiger partial charge is 0.512 e. The molecular formula is C35H39F3IrNO2-. The molecule has 1 aromatic heterocycles. The molecule has 0 amide bonds. The molecule has 0 unspecified atom stereocenters. The van der Waals surface area contributed by atoms with Crippen LogP contribution < -0.4 is 0 Å². The summed E-state index contributed by atoms with van der Waals surface area (Å²) in [7, 11) is 0. The predicted molar refractivity (Wildman–Crippen MR) is 162 cm³/mol. The van der Waals surface area contributed by atoms with Crippen LogP contribution in [0.4, 0.5) is 13.2 Å². The van der Waals surface area contributed by atoms with Crippen LogP contribution in [-0.2, 0) is 31.1 Å². The maximum atomic E-state index is 13.3. The number of aryl methyl sites for hydroxylation is 2. The van der Waals surface area contributed by atoms with Crippen molar-refractivity contribution in [3.63, 3.8) is 0 Å². The fraction of sp³-hybridized carbons (Fsp3) is 0.371. The second-order valence-corrected chi connectivity index (χ2v) is 11.9. The molecule has 4 aromatic rings. The Bertz CT molecular complexity index is 1580. The molecule has 0 aliphatic heterocycles. The molecule has 1 radical (unpaired) electrons. The summed E-state index contributed by atoms with van der Waals surface area (Å²) in [6, 6.07) is 16.6. The number of ketones is 1. The van der Waals surface area contributed by atoms with Gasteiger partial charge in [0.15, 0.2) is 5.78 Å². The number of hydrogen-bond acceptors (Lipinski definition) is 3. The van der Waals surface area contributed by atoms with Gasteiger partial charge in [0.2, 0.25) is 0 Å². The molecule has 7 heteroatoms. The van der Waals surface area contributed by atoms with Gasteiger partial charge in [-0.3, -0.25) is 4.79 Å². The average molecular weight is 755 g/mol. The van der Waals surface area contributed by atoms with E-state index in [4.69, 9.17) is 0 Å². The van der Waals surface area contributed by atoms with Crippen LogP contribution in [0.25, 0.3) is 32.8 Å². The standard InChI is InChI=1S/C22H15F3N.C13H24O2.Ir/c1-13-10-14(2)12-15(11-13)21-19-7-6-18-16(17(19)8-9-26-21)4-3-5-20(18)22(23,24)25;1-7-13(6,8-2)11(15)9-10(14)12(3,4)5;/h3-11H,1-2H3;9,15H,7-8H2,1-6H3;/q-1;;/b;11-9-;. The molecule has 0 fully saturated rings. The molecule has 3 aromatic carbocycles. The van der Waals surface area contributed by atoms with Crippen molar-refractivity contribution in [3.8, 4) is 11.3 Å². The van der Waals surface area contributed by atoms with E-state index >= 15 is 0 Å². The Morgan fingerprint density at radius 2 is 1.50 bits per heavy atom. The van der Waals surface area contributed by atoms with Gasteiger partial charge in [-0.2, -0.15) is 13.2 Å². The number of halogens is 3. The molecule has 42 heavy (non-hydrogen) atoms. The number of nitrogens with zero attached hydrogens (tertiary/aromatic N) is 1. The summed E-state index contributed by atoms with van der Waals surface area (Å²) in [4.78, 5) is 16.2. The fourth-order valence-corrected chi connectivity index (χ4v) is 4.64. The minimum Gasteiger partial charge on any atom is -0.512 e. The van der Waals surface area contributed by atoms with Crippen LogP contribution in [0, 0.1) is 30.7 Å². The summed E-state index contributed by atoms with van der Waals surface area (Å²) in [5.41, 5.74) is 2.37. The van der Waals surface area contributed by atoms with Gasteiger partial charge in [-0.1, -0.05) is 79.7 Å². The number of rotatable bonds is 5. The van der Waals surface area contributed by atoms with E-state index in [0.717, 1.165) is 52.1 Å². The molecule has 227 valence electrons. The van der Waals surface area contributed by atoms with Gasteiger partial charge in [-0.15, -0.1) is 34.9 Å². The summed E-state index contributed by atoms with van der Waals surface area (Å²) in [6.07, 6.45) is 0.326. The van der Waals surface area contributed by atoms with Crippen molar-refractivity contribution in [3.05, 3.63) is 89.3 Å². The molecule has 1 heterocycles. The SMILES string of the molecule is CCC(C)(CC)/C(O)=C/C(=O)C(C)(C)C.Cc1[c-]c(-c2nccc3c2ccc2c(C(F)(F)F)cccc23)cc(C)c1.[Ir]. The summed E-state index contributed by atoms with van der Waals surface area (Å²) in [5.74, 6) is 0.195. The zero-order valence-corrected chi connectivity index (χ0v) is 27.9. The van der Waals surface area contributed by atoms with E-state index in [2.05, 4.69) is 11.1 Å². The third-order valence-corrected chi connectivity index (χ3v) is 7.70. The number of pyridine rings is 1. The second-order valence-electron chi connectivity index (χ2n) is 11.9. The quantitative estimate of drug-likeness (QED) is 0.0956. The van der Waals surface area contributed by atoms with Crippen molar-refractivity contribution in [2.75, 3.05) is 0 Å². The van der Waals surface area contributed by atoms with Crippen molar-refractivity contribution in [1.82, 2.24) is 4.98 Å². The number of aromatic nitrogens is 1. The molecule has 0 saturated carbocycles. The van der Waals surface area contributed by atoms with Crippen molar-refractivity contribution in [1.29, 1.82) is 0 Å².